The Balaban J connectivity index is 1.86. The second kappa shape index (κ2) is 5.33. The predicted octanol–water partition coefficient (Wildman–Crippen LogP) is 2.34. The van der Waals surface area contributed by atoms with Crippen LogP contribution < -0.4 is 5.32 Å². The van der Waals surface area contributed by atoms with Gasteiger partial charge in [0.25, 0.3) is 5.91 Å². The molecule has 0 atom stereocenters. The number of amides is 1. The molecule has 0 unspecified atom stereocenters. The Morgan fingerprint density at radius 1 is 1.61 bits per heavy atom. The number of aromatic amines is 1. The average Bonchev–Trinajstić information content (AvgIpc) is 2.77. The van der Waals surface area contributed by atoms with Gasteiger partial charge in [-0.3, -0.25) is 4.79 Å². The van der Waals surface area contributed by atoms with Crippen molar-refractivity contribution in [1.82, 2.24) is 10.3 Å². The molecule has 1 aromatic heterocycles. The fourth-order valence-corrected chi connectivity index (χ4v) is 2.48. The van der Waals surface area contributed by atoms with Gasteiger partial charge < -0.3 is 15.4 Å². The molecular formula is C13H19ClN2O2. The fraction of sp³-hybridized carbons (Fsp3) is 0.615. The molecule has 1 saturated carbocycles. The van der Waals surface area contributed by atoms with Crippen LogP contribution in [0, 0.1) is 5.92 Å². The molecule has 1 aliphatic rings. The smallest absolute Gasteiger partial charge is 0.267 e. The minimum Gasteiger partial charge on any atom is -0.388 e. The molecule has 2 rings (SSSR count). The van der Waals surface area contributed by atoms with Gasteiger partial charge in [-0.2, -0.15) is 0 Å². The van der Waals surface area contributed by atoms with E-state index in [1.807, 2.05) is 0 Å². The summed E-state index contributed by atoms with van der Waals surface area (Å²) in [6.07, 6.45) is 5.09. The minimum atomic E-state index is -0.751. The van der Waals surface area contributed by atoms with Gasteiger partial charge in [0, 0.05) is 12.7 Å². The molecule has 1 amide bonds. The first-order chi connectivity index (χ1) is 8.48. The van der Waals surface area contributed by atoms with Crippen molar-refractivity contribution in [1.29, 1.82) is 0 Å². The number of nitrogens with one attached hydrogen (secondary N) is 2. The minimum absolute atomic E-state index is 0.228. The van der Waals surface area contributed by atoms with E-state index in [-0.39, 0.29) is 5.91 Å². The van der Waals surface area contributed by atoms with Crippen LogP contribution in [0.4, 0.5) is 0 Å². The van der Waals surface area contributed by atoms with Gasteiger partial charge in [-0.05, 0) is 37.7 Å². The Morgan fingerprint density at radius 2 is 2.28 bits per heavy atom. The molecule has 0 aromatic carbocycles. The van der Waals surface area contributed by atoms with Gasteiger partial charge in [0.05, 0.1) is 10.6 Å². The molecule has 0 bridgehead atoms. The van der Waals surface area contributed by atoms with Crippen LogP contribution in [0.2, 0.25) is 5.02 Å². The Morgan fingerprint density at radius 3 is 2.83 bits per heavy atom. The lowest BCUT2D eigenvalue weighted by atomic mass is 9.79. The van der Waals surface area contributed by atoms with Crippen molar-refractivity contribution in [3.8, 4) is 0 Å². The van der Waals surface area contributed by atoms with Gasteiger partial charge in [0.15, 0.2) is 0 Å². The summed E-state index contributed by atoms with van der Waals surface area (Å²) < 4.78 is 0. The number of aliphatic hydroxyl groups is 1. The van der Waals surface area contributed by atoms with Crippen LogP contribution in [0.25, 0.3) is 0 Å². The molecule has 100 valence electrons. The van der Waals surface area contributed by atoms with Gasteiger partial charge in [0.2, 0.25) is 0 Å². The lowest BCUT2D eigenvalue weighted by molar-refractivity contribution is -0.00543. The van der Waals surface area contributed by atoms with Crippen LogP contribution in [0.1, 0.15) is 43.1 Å². The zero-order valence-electron chi connectivity index (χ0n) is 10.5. The number of hydrogen-bond acceptors (Lipinski definition) is 2. The summed E-state index contributed by atoms with van der Waals surface area (Å²) in [5.74, 6) is 0.442. The first kappa shape index (κ1) is 13.4. The molecule has 1 fully saturated rings. The SMILES string of the molecule is CC1CCC(O)(CNC(=O)c2cc(Cl)c[nH]2)CC1. The van der Waals surface area contributed by atoms with E-state index < -0.39 is 5.60 Å². The number of carbonyl (C=O) groups is 1. The highest BCUT2D eigenvalue weighted by molar-refractivity contribution is 6.30. The number of hydrogen-bond donors (Lipinski definition) is 3. The lowest BCUT2D eigenvalue weighted by Gasteiger charge is -2.34. The van der Waals surface area contributed by atoms with E-state index in [0.29, 0.717) is 23.2 Å². The van der Waals surface area contributed by atoms with Crippen LogP contribution in [0.5, 0.6) is 0 Å². The van der Waals surface area contributed by atoms with E-state index >= 15 is 0 Å². The zero-order chi connectivity index (χ0) is 13.2. The fourth-order valence-electron chi connectivity index (χ4n) is 2.32. The third kappa shape index (κ3) is 3.27. The van der Waals surface area contributed by atoms with Gasteiger partial charge in [-0.15, -0.1) is 0 Å². The molecule has 0 saturated heterocycles. The van der Waals surface area contributed by atoms with Crippen molar-refractivity contribution in [2.24, 2.45) is 5.92 Å². The molecule has 1 heterocycles. The first-order valence-electron chi connectivity index (χ1n) is 6.33. The molecule has 1 aliphatic carbocycles. The van der Waals surface area contributed by atoms with E-state index in [1.165, 1.54) is 0 Å². The lowest BCUT2D eigenvalue weighted by Crippen LogP contribution is -2.45. The molecule has 1 aromatic rings. The molecule has 4 nitrogen and oxygen atoms in total. The largest absolute Gasteiger partial charge is 0.388 e. The second-order valence-electron chi connectivity index (χ2n) is 5.32. The second-order valence-corrected chi connectivity index (χ2v) is 5.76. The van der Waals surface area contributed by atoms with Gasteiger partial charge in [-0.25, -0.2) is 0 Å². The maximum Gasteiger partial charge on any atom is 0.267 e. The van der Waals surface area contributed by atoms with Gasteiger partial charge >= 0.3 is 0 Å². The van der Waals surface area contributed by atoms with Gasteiger partial charge in [-0.1, -0.05) is 18.5 Å². The van der Waals surface area contributed by atoms with Crippen molar-refractivity contribution >= 4 is 17.5 Å². The maximum absolute atomic E-state index is 11.8. The summed E-state index contributed by atoms with van der Waals surface area (Å²) in [6, 6.07) is 1.57. The number of carbonyl (C=O) groups excluding carboxylic acids is 1. The zero-order valence-corrected chi connectivity index (χ0v) is 11.3. The number of rotatable bonds is 3. The molecule has 0 radical (unpaired) electrons. The summed E-state index contributed by atoms with van der Waals surface area (Å²) >= 11 is 5.74. The highest BCUT2D eigenvalue weighted by Crippen LogP contribution is 2.31. The number of H-pyrrole nitrogens is 1. The molecular weight excluding hydrogens is 252 g/mol. The summed E-state index contributed by atoms with van der Waals surface area (Å²) in [4.78, 5) is 14.6. The molecule has 3 N–H and O–H groups in total. The van der Waals surface area contributed by atoms with E-state index in [9.17, 15) is 9.90 Å². The monoisotopic (exact) mass is 270 g/mol. The van der Waals surface area contributed by atoms with Crippen LogP contribution in [0.3, 0.4) is 0 Å². The number of aromatic nitrogens is 1. The van der Waals surface area contributed by atoms with E-state index in [1.54, 1.807) is 12.3 Å². The standard InChI is InChI=1S/C13H19ClN2O2/c1-9-2-4-13(18,5-3-9)8-16-12(17)11-6-10(14)7-15-11/h6-7,9,15,18H,2-5,8H2,1H3,(H,16,17). The predicted molar refractivity (Wildman–Crippen MR) is 70.7 cm³/mol. The summed E-state index contributed by atoms with van der Waals surface area (Å²) in [5.41, 5.74) is -0.328. The highest BCUT2D eigenvalue weighted by atomic mass is 35.5. The van der Waals surface area contributed by atoms with Crippen LogP contribution in [-0.4, -0.2) is 28.1 Å². The van der Waals surface area contributed by atoms with Gasteiger partial charge in [0.1, 0.15) is 5.69 Å². The van der Waals surface area contributed by atoms with Crippen LogP contribution >= 0.6 is 11.6 Å². The topological polar surface area (TPSA) is 65.1 Å². The maximum atomic E-state index is 11.8. The summed E-state index contributed by atoms with van der Waals surface area (Å²) in [7, 11) is 0. The van der Waals surface area contributed by atoms with Crippen molar-refractivity contribution in [2.75, 3.05) is 6.54 Å². The van der Waals surface area contributed by atoms with E-state index in [0.717, 1.165) is 25.7 Å². The van der Waals surface area contributed by atoms with Crippen molar-refractivity contribution in [3.05, 3.63) is 23.0 Å². The highest BCUT2D eigenvalue weighted by Gasteiger charge is 2.32. The third-order valence-electron chi connectivity index (χ3n) is 3.68. The molecule has 0 spiro atoms. The number of halogens is 1. The third-order valence-corrected chi connectivity index (χ3v) is 3.89. The van der Waals surface area contributed by atoms with E-state index in [2.05, 4.69) is 17.2 Å². The quantitative estimate of drug-likeness (QED) is 0.789. The molecule has 0 aliphatic heterocycles. The first-order valence-corrected chi connectivity index (χ1v) is 6.71. The van der Waals surface area contributed by atoms with Crippen molar-refractivity contribution in [3.63, 3.8) is 0 Å². The Labute approximate surface area is 112 Å². The van der Waals surface area contributed by atoms with Crippen molar-refractivity contribution in [2.45, 2.75) is 38.2 Å². The normalized spacial score (nSPS) is 28.1. The Bertz CT molecular complexity index is 422. The van der Waals surface area contributed by atoms with Crippen molar-refractivity contribution < 1.29 is 9.90 Å². The summed E-state index contributed by atoms with van der Waals surface area (Å²) in [5, 5.41) is 13.6. The van der Waals surface area contributed by atoms with Crippen LogP contribution in [-0.2, 0) is 0 Å². The summed E-state index contributed by atoms with van der Waals surface area (Å²) in [6.45, 7) is 2.49. The molecule has 5 heteroatoms. The van der Waals surface area contributed by atoms with E-state index in [4.69, 9.17) is 11.6 Å². The Kier molecular flexibility index (Phi) is 3.97. The average molecular weight is 271 g/mol. The Hall–Kier alpha value is -1.00. The van der Waals surface area contributed by atoms with Crippen LogP contribution in [0.15, 0.2) is 12.3 Å². The molecule has 18 heavy (non-hydrogen) atoms.